The van der Waals surface area contributed by atoms with Crippen LogP contribution in [0.5, 0.6) is 23.0 Å². The third kappa shape index (κ3) is 5.36. The highest BCUT2D eigenvalue weighted by Crippen LogP contribution is 2.58. The van der Waals surface area contributed by atoms with E-state index in [-0.39, 0.29) is 10.8 Å². The van der Waals surface area contributed by atoms with Crippen LogP contribution in [0.15, 0.2) is 121 Å². The largest absolute Gasteiger partial charge is 0.497 e. The van der Waals surface area contributed by atoms with Crippen molar-refractivity contribution in [2.45, 2.75) is 52.4 Å². The molecule has 0 radical (unpaired) electrons. The standard InChI is InChI=1S/C56H48O4/c1-55(2,3)37-27-33-13-21-41-47(31-9-17-39(57-7)18-10-31)53-51(43-23-15-35(29-37)45(33)49(41)43)52-44-24-16-36-30-38(56(4,5)6)28-34-14-22-42(50(44)46(34)36)48(54(52)60-26-25-59-53)32-11-19-40(58-8)20-12-32/h9-24,27-30H,25-26H2,1-8H3. The second kappa shape index (κ2) is 13.0. The molecule has 4 nitrogen and oxygen atoms in total. The molecule has 0 fully saturated rings. The number of ether oxygens (including phenoxy) is 4. The number of methoxy groups -OCH3 is 2. The summed E-state index contributed by atoms with van der Waals surface area (Å²) in [5.41, 5.74) is 9.07. The Bertz CT molecular complexity index is 3060. The lowest BCUT2D eigenvalue weighted by atomic mass is 9.78. The molecule has 10 aromatic carbocycles. The molecule has 296 valence electrons. The summed E-state index contributed by atoms with van der Waals surface area (Å²) < 4.78 is 25.5. The van der Waals surface area contributed by atoms with Crippen molar-refractivity contribution < 1.29 is 18.9 Å². The Morgan fingerprint density at radius 3 is 1.00 bits per heavy atom. The van der Waals surface area contributed by atoms with Gasteiger partial charge in [0.15, 0.2) is 0 Å². The van der Waals surface area contributed by atoms with Crippen LogP contribution in [-0.4, -0.2) is 27.4 Å². The average Bonchev–Trinajstić information content (AvgIpc) is 3.24. The lowest BCUT2D eigenvalue weighted by Gasteiger charge is -2.30. The number of hydrogen-bond donors (Lipinski definition) is 0. The maximum absolute atomic E-state index is 7.09. The molecular weight excluding hydrogens is 737 g/mol. The van der Waals surface area contributed by atoms with Crippen LogP contribution < -0.4 is 18.9 Å². The SMILES string of the molecule is COc1ccc(-c2c3c(c4ccc5cc(C(C)(C)C)cc6ccc2c4c65)-c2c(c(-c4ccc(OC)cc4)c4ccc5cc(C(C)(C)C)cc6ccc2c4c56)OCCO3)cc1. The molecular formula is C56H48O4. The van der Waals surface area contributed by atoms with Gasteiger partial charge in [-0.05, 0) is 122 Å². The van der Waals surface area contributed by atoms with Gasteiger partial charge >= 0.3 is 0 Å². The third-order valence-electron chi connectivity index (χ3n) is 13.0. The highest BCUT2D eigenvalue weighted by Gasteiger charge is 2.32. The Morgan fingerprint density at radius 2 is 0.700 bits per heavy atom. The molecule has 0 saturated heterocycles. The fraction of sp³-hybridized carbons (Fsp3) is 0.214. The smallest absolute Gasteiger partial charge is 0.136 e. The van der Waals surface area contributed by atoms with Crippen molar-refractivity contribution in [1.29, 1.82) is 0 Å². The van der Waals surface area contributed by atoms with Crippen LogP contribution in [0.2, 0.25) is 0 Å². The summed E-state index contributed by atoms with van der Waals surface area (Å²) in [6, 6.07) is 45.0. The van der Waals surface area contributed by atoms with E-state index in [0.717, 1.165) is 67.2 Å². The number of fused-ring (bicyclic) bond motifs is 5. The maximum Gasteiger partial charge on any atom is 0.136 e. The van der Waals surface area contributed by atoms with Crippen molar-refractivity contribution in [3.8, 4) is 56.4 Å². The number of hydrogen-bond acceptors (Lipinski definition) is 4. The van der Waals surface area contributed by atoms with E-state index in [2.05, 4.69) is 163 Å². The van der Waals surface area contributed by atoms with Crippen LogP contribution in [0.25, 0.3) is 98.0 Å². The van der Waals surface area contributed by atoms with E-state index in [0.29, 0.717) is 13.2 Å². The lowest BCUT2D eigenvalue weighted by molar-refractivity contribution is 0.216. The molecule has 1 aliphatic heterocycles. The first-order valence-corrected chi connectivity index (χ1v) is 21.1. The molecule has 0 aliphatic carbocycles. The predicted molar refractivity (Wildman–Crippen MR) is 252 cm³/mol. The van der Waals surface area contributed by atoms with Crippen LogP contribution in [0.4, 0.5) is 0 Å². The first-order chi connectivity index (χ1) is 28.9. The molecule has 1 aliphatic rings. The summed E-state index contributed by atoms with van der Waals surface area (Å²) >= 11 is 0. The van der Waals surface area contributed by atoms with Gasteiger partial charge in [-0.15, -0.1) is 0 Å². The summed E-state index contributed by atoms with van der Waals surface area (Å²) in [5.74, 6) is 3.38. The molecule has 1 heterocycles. The molecule has 60 heavy (non-hydrogen) atoms. The first-order valence-electron chi connectivity index (χ1n) is 21.1. The number of benzene rings is 10. The molecule has 0 spiro atoms. The maximum atomic E-state index is 7.09. The normalized spacial score (nSPS) is 13.5. The van der Waals surface area contributed by atoms with Gasteiger partial charge in [0.05, 0.1) is 14.2 Å². The topological polar surface area (TPSA) is 36.9 Å². The minimum Gasteiger partial charge on any atom is -0.497 e. The highest BCUT2D eigenvalue weighted by molar-refractivity contribution is 6.34. The average molecular weight is 785 g/mol. The molecule has 0 N–H and O–H groups in total. The van der Waals surface area contributed by atoms with Crippen molar-refractivity contribution in [2.24, 2.45) is 0 Å². The summed E-state index contributed by atoms with van der Waals surface area (Å²) in [6.07, 6.45) is 0. The number of rotatable bonds is 4. The van der Waals surface area contributed by atoms with E-state index in [1.165, 1.54) is 65.0 Å². The molecule has 11 rings (SSSR count). The zero-order valence-electron chi connectivity index (χ0n) is 35.6. The van der Waals surface area contributed by atoms with Crippen LogP contribution in [0, 0.1) is 0 Å². The second-order valence-electron chi connectivity index (χ2n) is 18.6. The van der Waals surface area contributed by atoms with Crippen molar-refractivity contribution in [2.75, 3.05) is 27.4 Å². The quantitative estimate of drug-likeness (QED) is 0.167. The van der Waals surface area contributed by atoms with Crippen LogP contribution in [0.3, 0.4) is 0 Å². The molecule has 0 amide bonds. The van der Waals surface area contributed by atoms with Gasteiger partial charge in [-0.1, -0.05) is 139 Å². The van der Waals surface area contributed by atoms with Crippen molar-refractivity contribution in [1.82, 2.24) is 0 Å². The molecule has 10 aromatic rings. The van der Waals surface area contributed by atoms with E-state index in [1.54, 1.807) is 14.2 Å². The molecule has 0 aromatic heterocycles. The van der Waals surface area contributed by atoms with Gasteiger partial charge in [0.1, 0.15) is 36.2 Å². The van der Waals surface area contributed by atoms with Crippen molar-refractivity contribution >= 4 is 64.6 Å². The van der Waals surface area contributed by atoms with E-state index >= 15 is 0 Å². The van der Waals surface area contributed by atoms with Gasteiger partial charge in [-0.25, -0.2) is 0 Å². The van der Waals surface area contributed by atoms with Crippen molar-refractivity contribution in [3.63, 3.8) is 0 Å². The van der Waals surface area contributed by atoms with Gasteiger partial charge in [-0.2, -0.15) is 0 Å². The summed E-state index contributed by atoms with van der Waals surface area (Å²) in [5, 5.41) is 14.6. The molecule has 0 atom stereocenters. The summed E-state index contributed by atoms with van der Waals surface area (Å²) in [4.78, 5) is 0. The molecule has 0 unspecified atom stereocenters. The highest BCUT2D eigenvalue weighted by atomic mass is 16.5. The zero-order valence-corrected chi connectivity index (χ0v) is 35.6. The Hall–Kier alpha value is -6.52. The molecule has 0 bridgehead atoms. The zero-order chi connectivity index (χ0) is 41.2. The minimum absolute atomic E-state index is 0.00133. The van der Waals surface area contributed by atoms with Gasteiger partial charge in [0.25, 0.3) is 0 Å². The van der Waals surface area contributed by atoms with Crippen LogP contribution in [0.1, 0.15) is 52.7 Å². The molecule has 0 saturated carbocycles. The predicted octanol–water partition coefficient (Wildman–Crippen LogP) is 14.9. The summed E-state index contributed by atoms with van der Waals surface area (Å²) in [6.45, 7) is 14.5. The van der Waals surface area contributed by atoms with E-state index in [1.807, 2.05) is 0 Å². The van der Waals surface area contributed by atoms with Crippen molar-refractivity contribution in [3.05, 3.63) is 132 Å². The van der Waals surface area contributed by atoms with Gasteiger partial charge in [-0.3, -0.25) is 0 Å². The van der Waals surface area contributed by atoms with Gasteiger partial charge < -0.3 is 18.9 Å². The summed E-state index contributed by atoms with van der Waals surface area (Å²) in [7, 11) is 3.44. The monoisotopic (exact) mass is 784 g/mol. The second-order valence-corrected chi connectivity index (χ2v) is 18.6. The molecule has 4 heteroatoms. The lowest BCUT2D eigenvalue weighted by Crippen LogP contribution is -2.15. The fourth-order valence-corrected chi connectivity index (χ4v) is 9.93. The van der Waals surface area contributed by atoms with Crippen LogP contribution in [-0.2, 0) is 10.8 Å². The van der Waals surface area contributed by atoms with E-state index in [9.17, 15) is 0 Å². The Balaban J connectivity index is 1.37. The van der Waals surface area contributed by atoms with E-state index in [4.69, 9.17) is 18.9 Å². The van der Waals surface area contributed by atoms with E-state index < -0.39 is 0 Å². The van der Waals surface area contributed by atoms with Gasteiger partial charge in [0.2, 0.25) is 0 Å². The fourth-order valence-electron chi connectivity index (χ4n) is 9.93. The Labute approximate surface area is 350 Å². The minimum atomic E-state index is 0.00133. The Morgan fingerprint density at radius 1 is 0.383 bits per heavy atom. The third-order valence-corrected chi connectivity index (χ3v) is 13.0. The van der Waals surface area contributed by atoms with Crippen LogP contribution >= 0.6 is 0 Å². The Kier molecular flexibility index (Phi) is 7.91. The van der Waals surface area contributed by atoms with Gasteiger partial charge in [0, 0.05) is 22.3 Å². The first kappa shape index (κ1) is 36.6.